The first-order valence-corrected chi connectivity index (χ1v) is 9.48. The summed E-state index contributed by atoms with van der Waals surface area (Å²) in [5, 5.41) is 2.62. The lowest BCUT2D eigenvalue weighted by atomic mass is 9.48. The quantitative estimate of drug-likeness (QED) is 0.440. The molecule has 6 atom stereocenters. The Morgan fingerprint density at radius 2 is 2.00 bits per heavy atom. The molecule has 2 aliphatic heterocycles. The molecule has 0 aromatic carbocycles. The summed E-state index contributed by atoms with van der Waals surface area (Å²) in [5.74, 6) is -2.95. The summed E-state index contributed by atoms with van der Waals surface area (Å²) in [6.45, 7) is 8.93. The maximum Gasteiger partial charge on any atom is 0.408 e. The molecule has 4 fully saturated rings. The summed E-state index contributed by atoms with van der Waals surface area (Å²) in [7, 11) is 1.29. The second-order valence-electron chi connectivity index (χ2n) is 8.76. The van der Waals surface area contributed by atoms with Gasteiger partial charge in [-0.3, -0.25) is 14.4 Å². The Balaban J connectivity index is 1.93. The monoisotopic (exact) mass is 393 g/mol. The van der Waals surface area contributed by atoms with Gasteiger partial charge in [-0.1, -0.05) is 6.08 Å². The summed E-state index contributed by atoms with van der Waals surface area (Å²) in [4.78, 5) is 50.5. The minimum atomic E-state index is -1.10. The summed E-state index contributed by atoms with van der Waals surface area (Å²) < 4.78 is 15.8. The maximum atomic E-state index is 13.0. The Labute approximate surface area is 164 Å². The van der Waals surface area contributed by atoms with Crippen LogP contribution in [-0.2, 0) is 28.6 Å². The van der Waals surface area contributed by atoms with E-state index >= 15 is 0 Å². The highest BCUT2D eigenvalue weighted by Crippen LogP contribution is 2.59. The molecular weight excluding hydrogens is 366 g/mol. The Kier molecular flexibility index (Phi) is 5.02. The van der Waals surface area contributed by atoms with Gasteiger partial charge < -0.3 is 19.5 Å². The van der Waals surface area contributed by atoms with E-state index in [4.69, 9.17) is 14.2 Å². The number of carbonyl (C=O) groups is 4. The lowest BCUT2D eigenvalue weighted by Crippen LogP contribution is -2.70. The van der Waals surface area contributed by atoms with E-state index in [0.29, 0.717) is 0 Å². The Morgan fingerprint density at radius 1 is 1.32 bits per heavy atom. The molecule has 0 aromatic rings. The normalized spacial score (nSPS) is 36.4. The number of amides is 1. The molecule has 4 rings (SSSR count). The van der Waals surface area contributed by atoms with Gasteiger partial charge in [0.15, 0.2) is 5.78 Å². The molecule has 0 aromatic heterocycles. The lowest BCUT2D eigenvalue weighted by Gasteiger charge is -2.58. The maximum absolute atomic E-state index is 13.0. The second kappa shape index (κ2) is 6.90. The fourth-order valence-electron chi connectivity index (χ4n) is 5.06. The van der Waals surface area contributed by atoms with Crippen molar-refractivity contribution in [2.45, 2.75) is 57.8 Å². The van der Waals surface area contributed by atoms with Crippen molar-refractivity contribution in [3.63, 3.8) is 0 Å². The molecule has 0 radical (unpaired) electrons. The van der Waals surface area contributed by atoms with E-state index in [1.54, 1.807) is 26.8 Å². The molecule has 8 nitrogen and oxygen atoms in total. The molecule has 0 spiro atoms. The first-order chi connectivity index (χ1) is 13.0. The fourth-order valence-corrected chi connectivity index (χ4v) is 5.06. The van der Waals surface area contributed by atoms with Gasteiger partial charge in [0.25, 0.3) is 0 Å². The third kappa shape index (κ3) is 3.08. The first kappa shape index (κ1) is 20.4. The van der Waals surface area contributed by atoms with Crippen molar-refractivity contribution < 1.29 is 33.4 Å². The average molecular weight is 393 g/mol. The third-order valence-electron chi connectivity index (χ3n) is 6.04. The van der Waals surface area contributed by atoms with Crippen LogP contribution in [0, 0.1) is 23.2 Å². The summed E-state index contributed by atoms with van der Waals surface area (Å²) in [5.41, 5.74) is -1.81. The molecule has 5 unspecified atom stereocenters. The van der Waals surface area contributed by atoms with Crippen molar-refractivity contribution in [2.75, 3.05) is 7.11 Å². The van der Waals surface area contributed by atoms with Gasteiger partial charge in [0.2, 0.25) is 0 Å². The van der Waals surface area contributed by atoms with E-state index in [-0.39, 0.29) is 25.0 Å². The largest absolute Gasteiger partial charge is 0.468 e. The Hall–Kier alpha value is -2.38. The highest BCUT2D eigenvalue weighted by atomic mass is 16.6. The summed E-state index contributed by atoms with van der Waals surface area (Å²) in [6.07, 6.45) is 0.809. The number of ketones is 1. The van der Waals surface area contributed by atoms with Crippen molar-refractivity contribution in [1.29, 1.82) is 0 Å². The molecule has 2 saturated heterocycles. The van der Waals surface area contributed by atoms with Crippen molar-refractivity contribution in [1.82, 2.24) is 5.32 Å². The van der Waals surface area contributed by atoms with Gasteiger partial charge in [0, 0.05) is 5.92 Å². The van der Waals surface area contributed by atoms with Gasteiger partial charge in [-0.2, -0.15) is 0 Å². The topological polar surface area (TPSA) is 108 Å². The zero-order valence-corrected chi connectivity index (χ0v) is 16.7. The summed E-state index contributed by atoms with van der Waals surface area (Å²) >= 11 is 0. The molecule has 28 heavy (non-hydrogen) atoms. The van der Waals surface area contributed by atoms with Crippen LogP contribution < -0.4 is 5.32 Å². The molecular formula is C20H27NO7. The van der Waals surface area contributed by atoms with Crippen LogP contribution in [0.5, 0.6) is 0 Å². The van der Waals surface area contributed by atoms with Gasteiger partial charge >= 0.3 is 18.0 Å². The number of hydrogen-bond acceptors (Lipinski definition) is 7. The molecule has 1 amide bonds. The van der Waals surface area contributed by atoms with Crippen molar-refractivity contribution >= 4 is 23.8 Å². The van der Waals surface area contributed by atoms with Crippen LogP contribution in [-0.4, -0.2) is 48.7 Å². The smallest absolute Gasteiger partial charge is 0.408 e. The number of allylic oxidation sites excluding steroid dienone is 1. The minimum Gasteiger partial charge on any atom is -0.468 e. The van der Waals surface area contributed by atoms with Crippen LogP contribution in [0.1, 0.15) is 40.0 Å². The van der Waals surface area contributed by atoms with E-state index < -0.39 is 58.9 Å². The van der Waals surface area contributed by atoms with E-state index in [1.165, 1.54) is 7.11 Å². The lowest BCUT2D eigenvalue weighted by molar-refractivity contribution is -0.228. The molecule has 154 valence electrons. The van der Waals surface area contributed by atoms with Crippen molar-refractivity contribution in [3.05, 3.63) is 12.7 Å². The van der Waals surface area contributed by atoms with Gasteiger partial charge in [-0.05, 0) is 46.0 Å². The van der Waals surface area contributed by atoms with Crippen LogP contribution >= 0.6 is 0 Å². The van der Waals surface area contributed by atoms with Crippen molar-refractivity contribution in [3.8, 4) is 0 Å². The highest BCUT2D eigenvalue weighted by molar-refractivity contribution is 5.97. The van der Waals surface area contributed by atoms with Crippen LogP contribution in [0.15, 0.2) is 12.7 Å². The predicted octanol–water partition coefficient (Wildman–Crippen LogP) is 1.77. The molecule has 2 heterocycles. The minimum absolute atomic E-state index is 0.147. The number of methoxy groups -OCH3 is 1. The fraction of sp³-hybridized carbons (Fsp3) is 0.700. The summed E-state index contributed by atoms with van der Waals surface area (Å²) in [6, 6.07) is -0.832. The van der Waals surface area contributed by atoms with Crippen LogP contribution in [0.2, 0.25) is 0 Å². The highest BCUT2D eigenvalue weighted by Gasteiger charge is 2.70. The number of rotatable bonds is 4. The van der Waals surface area contributed by atoms with E-state index in [1.807, 2.05) is 0 Å². The second-order valence-corrected chi connectivity index (χ2v) is 8.76. The first-order valence-electron chi connectivity index (χ1n) is 9.48. The number of esters is 2. The predicted molar refractivity (Wildman–Crippen MR) is 97.0 cm³/mol. The average Bonchev–Trinajstić information content (AvgIpc) is 2.59. The van der Waals surface area contributed by atoms with E-state index in [0.717, 1.165) is 0 Å². The van der Waals surface area contributed by atoms with Gasteiger partial charge in [-0.15, -0.1) is 6.58 Å². The zero-order chi connectivity index (χ0) is 20.9. The van der Waals surface area contributed by atoms with E-state index in [2.05, 4.69) is 11.9 Å². The van der Waals surface area contributed by atoms with E-state index in [9.17, 15) is 19.2 Å². The third-order valence-corrected chi connectivity index (χ3v) is 6.04. The van der Waals surface area contributed by atoms with Gasteiger partial charge in [0.1, 0.15) is 17.1 Å². The number of alkyl carbamates (subject to hydrolysis) is 1. The molecule has 2 aliphatic carbocycles. The molecule has 1 N–H and O–H groups in total. The number of Topliss-reactive ketones (excluding diaryl/α,β-unsaturated/α-hetero) is 1. The Morgan fingerprint density at radius 3 is 2.57 bits per heavy atom. The SMILES string of the molecule is C=CCC1(C(=O)OC)C2CC3C(=O)[C@H](NC(=O)OC(C)(C)C)CC1C3C(=O)O2. The van der Waals surface area contributed by atoms with Gasteiger partial charge in [0.05, 0.1) is 19.1 Å². The molecule has 4 aliphatic rings. The van der Waals surface area contributed by atoms with Crippen molar-refractivity contribution in [2.24, 2.45) is 23.2 Å². The Bertz CT molecular complexity index is 725. The van der Waals surface area contributed by atoms with Gasteiger partial charge in [-0.25, -0.2) is 4.79 Å². The molecule has 8 heteroatoms. The van der Waals surface area contributed by atoms with Crippen LogP contribution in [0.3, 0.4) is 0 Å². The zero-order valence-electron chi connectivity index (χ0n) is 16.7. The number of fused-ring (bicyclic) bond motifs is 1. The number of hydrogen-bond donors (Lipinski definition) is 1. The van der Waals surface area contributed by atoms with Crippen LogP contribution in [0.4, 0.5) is 4.79 Å². The van der Waals surface area contributed by atoms with Crippen LogP contribution in [0.25, 0.3) is 0 Å². The molecule has 2 saturated carbocycles. The standard InChI is InChI=1S/C20H27NO7/c1-6-7-20(17(24)26-5)11-9-12(21-18(25)28-19(2,3)4)15(22)10-8-13(20)27-16(23)14(10)11/h6,10-14H,1,7-9H2,2-5H3,(H,21,25)/t10?,11?,12-,13?,14?,20?/m1/s1. The number of carbonyl (C=O) groups excluding carboxylic acids is 4. The number of ether oxygens (including phenoxy) is 3. The number of nitrogens with one attached hydrogen (secondary N) is 1. The molecule has 4 bridgehead atoms.